The number of hydrogen-bond acceptors (Lipinski definition) is 7. The average Bonchev–Trinajstić information content (AvgIpc) is 3.47. The molecule has 4 aromatic rings. The molecule has 6 bridgehead atoms. The Morgan fingerprint density at radius 2 is 1.72 bits per heavy atom. The van der Waals surface area contributed by atoms with Gasteiger partial charge >= 0.3 is 5.97 Å². The van der Waals surface area contributed by atoms with Crippen LogP contribution >= 0.6 is 11.6 Å². The Hall–Kier alpha value is -3.66. The van der Waals surface area contributed by atoms with Crippen LogP contribution in [-0.4, -0.2) is 67.8 Å². The zero-order valence-electron chi connectivity index (χ0n) is 31.3. The number of carboxylic acids is 1. The van der Waals surface area contributed by atoms with Gasteiger partial charge in [-0.1, -0.05) is 43.6 Å². The maximum atomic E-state index is 11.9. The molecule has 50 heavy (non-hydrogen) atoms. The lowest BCUT2D eigenvalue weighted by Crippen LogP contribution is -2.45. The maximum Gasteiger partial charge on any atom is 0.308 e. The molecule has 2 aromatic heterocycles. The predicted octanol–water partition coefficient (Wildman–Crippen LogP) is 9.09. The van der Waals surface area contributed by atoms with Crippen LogP contribution < -0.4 is 9.64 Å². The lowest BCUT2D eigenvalue weighted by molar-refractivity contribution is -0.136. The molecule has 5 heterocycles. The van der Waals surface area contributed by atoms with Gasteiger partial charge in [-0.2, -0.15) is 9.61 Å². The molecule has 0 aliphatic carbocycles. The van der Waals surface area contributed by atoms with Crippen LogP contribution in [0.1, 0.15) is 97.4 Å². The summed E-state index contributed by atoms with van der Waals surface area (Å²) in [7, 11) is 0. The summed E-state index contributed by atoms with van der Waals surface area (Å²) in [5.74, 6) is 0.725. The molecule has 0 amide bonds. The molecule has 3 aliphatic heterocycles. The number of aromatic nitrogens is 3. The van der Waals surface area contributed by atoms with E-state index in [1.165, 1.54) is 0 Å². The van der Waals surface area contributed by atoms with Crippen LogP contribution in [0.3, 0.4) is 0 Å². The van der Waals surface area contributed by atoms with Crippen LogP contribution in [0.2, 0.25) is 5.02 Å². The topological polar surface area (TPSA) is 109 Å². The zero-order valence-corrected chi connectivity index (χ0v) is 32.0. The molecule has 2 N–H and O–H groups in total. The van der Waals surface area contributed by atoms with Gasteiger partial charge in [0.1, 0.15) is 11.6 Å². The number of anilines is 1. The Morgan fingerprint density at radius 1 is 1.06 bits per heavy atom. The summed E-state index contributed by atoms with van der Waals surface area (Å²) >= 11 is 6.62. The fraction of sp³-hybridized carbons (Fsp3) is 0.525. The number of rotatable bonds is 2. The molecule has 0 saturated carbocycles. The molecule has 1 unspecified atom stereocenters. The van der Waals surface area contributed by atoms with E-state index >= 15 is 0 Å². The van der Waals surface area contributed by atoms with Crippen molar-refractivity contribution in [2.75, 3.05) is 24.6 Å². The number of carboxylic acid groups (broad SMARTS) is 1. The Bertz CT molecular complexity index is 1770. The first-order valence-electron chi connectivity index (χ1n) is 17.9. The van der Waals surface area contributed by atoms with E-state index in [-0.39, 0.29) is 18.1 Å². The summed E-state index contributed by atoms with van der Waals surface area (Å²) in [6.45, 7) is 19.6. The van der Waals surface area contributed by atoms with Crippen molar-refractivity contribution >= 4 is 29.0 Å². The van der Waals surface area contributed by atoms with Gasteiger partial charge < -0.3 is 24.6 Å². The van der Waals surface area contributed by atoms with E-state index in [4.69, 9.17) is 36.3 Å². The van der Waals surface area contributed by atoms with Crippen LogP contribution in [0.25, 0.3) is 28.0 Å². The number of ether oxygens (including phenoxy) is 2. The smallest absolute Gasteiger partial charge is 0.308 e. The quantitative estimate of drug-likeness (QED) is 0.213. The number of halogens is 1. The highest BCUT2D eigenvalue weighted by atomic mass is 35.5. The Balaban J connectivity index is 0.000000738. The van der Waals surface area contributed by atoms with E-state index in [0.717, 1.165) is 84.7 Å². The molecular formula is C40H55ClN4O5. The highest BCUT2D eigenvalue weighted by molar-refractivity contribution is 6.31. The summed E-state index contributed by atoms with van der Waals surface area (Å²) in [4.78, 5) is 19.0. The molecule has 1 fully saturated rings. The van der Waals surface area contributed by atoms with Crippen LogP contribution in [-0.2, 0) is 16.0 Å². The molecule has 272 valence electrons. The normalized spacial score (nSPS) is 19.4. The van der Waals surface area contributed by atoms with Gasteiger partial charge in [0, 0.05) is 53.2 Å². The minimum Gasteiger partial charge on any atom is -0.490 e. The number of piperidine rings is 1. The molecule has 1 saturated heterocycles. The summed E-state index contributed by atoms with van der Waals surface area (Å²) in [5.41, 5.74) is 5.93. The van der Waals surface area contributed by atoms with Crippen molar-refractivity contribution in [2.24, 2.45) is 0 Å². The lowest BCUT2D eigenvalue weighted by atomic mass is 9.92. The number of fused-ring (bicyclic) bond motifs is 8. The van der Waals surface area contributed by atoms with E-state index in [1.54, 1.807) is 20.8 Å². The van der Waals surface area contributed by atoms with Gasteiger partial charge in [0.15, 0.2) is 5.65 Å². The third-order valence-electron chi connectivity index (χ3n) is 8.84. The number of aliphatic hydroxyl groups is 1. The van der Waals surface area contributed by atoms with Gasteiger partial charge in [-0.05, 0) is 110 Å². The first-order valence-corrected chi connectivity index (χ1v) is 18.3. The number of carbonyl (C=O) groups is 1. The van der Waals surface area contributed by atoms with Gasteiger partial charge in [0.05, 0.1) is 29.4 Å². The van der Waals surface area contributed by atoms with Crippen LogP contribution in [0.15, 0.2) is 42.5 Å². The third kappa shape index (κ3) is 9.98. The van der Waals surface area contributed by atoms with Gasteiger partial charge in [0.2, 0.25) is 0 Å². The molecule has 0 spiro atoms. The van der Waals surface area contributed by atoms with E-state index < -0.39 is 11.6 Å². The molecule has 9 nitrogen and oxygen atoms in total. The molecule has 3 aliphatic rings. The predicted molar refractivity (Wildman–Crippen MR) is 203 cm³/mol. The third-order valence-corrected chi connectivity index (χ3v) is 9.25. The highest BCUT2D eigenvalue weighted by Crippen LogP contribution is 2.38. The van der Waals surface area contributed by atoms with Crippen molar-refractivity contribution < 1.29 is 24.5 Å². The number of nitrogens with zero attached hydrogens (tertiary/aromatic N) is 4. The summed E-state index contributed by atoms with van der Waals surface area (Å²) in [6, 6.07) is 14.2. The Morgan fingerprint density at radius 3 is 2.38 bits per heavy atom. The van der Waals surface area contributed by atoms with Crippen molar-refractivity contribution in [1.29, 1.82) is 0 Å². The standard InChI is InChI=1S/C34H39ClN4O4.C4H10O.C2H6/c1-21-16-30-27(18-28(21)35)24-9-7-10-25(17-24)29-20-31-36-23(3)26(19-32(40)41)33(39(31)37-29)38-13-11-34(4,12-14-38)42-15-6-5-8-22(2)43-30;1-4(2,3)5;1-2/h7,9-10,16-18,20,22H,5-6,8,11-15,19H2,1-4H3,(H,40,41);5H,1-3H3;1-2H3. The Kier molecular flexibility index (Phi) is 13.0. The minimum atomic E-state index is -0.888. The second kappa shape index (κ2) is 16.6. The number of aliphatic carboxylic acids is 1. The van der Waals surface area contributed by atoms with E-state index in [2.05, 4.69) is 30.9 Å². The molecule has 0 radical (unpaired) electrons. The molecule has 7 rings (SSSR count). The molecule has 2 aromatic carbocycles. The first kappa shape index (κ1) is 39.1. The zero-order chi connectivity index (χ0) is 36.8. The molecule has 10 heteroatoms. The van der Waals surface area contributed by atoms with Crippen molar-refractivity contribution in [3.05, 3.63) is 64.3 Å². The fourth-order valence-electron chi connectivity index (χ4n) is 6.25. The van der Waals surface area contributed by atoms with Gasteiger partial charge in [0.25, 0.3) is 0 Å². The highest BCUT2D eigenvalue weighted by Gasteiger charge is 2.33. The summed E-state index contributed by atoms with van der Waals surface area (Å²) in [6.07, 6.45) is 4.51. The van der Waals surface area contributed by atoms with Crippen molar-refractivity contribution in [1.82, 2.24) is 14.6 Å². The van der Waals surface area contributed by atoms with Gasteiger partial charge in [-0.15, -0.1) is 0 Å². The van der Waals surface area contributed by atoms with Crippen LogP contribution in [0, 0.1) is 13.8 Å². The largest absolute Gasteiger partial charge is 0.490 e. The van der Waals surface area contributed by atoms with E-state index in [1.807, 2.05) is 62.5 Å². The van der Waals surface area contributed by atoms with Gasteiger partial charge in [-0.3, -0.25) is 4.79 Å². The lowest BCUT2D eigenvalue weighted by Gasteiger charge is -2.41. The minimum absolute atomic E-state index is 0.0399. The van der Waals surface area contributed by atoms with Crippen molar-refractivity contribution in [3.63, 3.8) is 0 Å². The van der Waals surface area contributed by atoms with E-state index in [9.17, 15) is 9.90 Å². The number of aryl methyl sites for hydroxylation is 2. The SMILES string of the molecule is CC.CC(C)(C)O.Cc1cc2c(cc1Cl)-c1cccc(c1)-c1cc3nc(C)c(CC(=O)O)c(n3n1)N1CCC(C)(CC1)OCCCCC(C)O2. The average molecular weight is 707 g/mol. The van der Waals surface area contributed by atoms with Crippen LogP contribution in [0.5, 0.6) is 5.75 Å². The fourth-order valence-corrected chi connectivity index (χ4v) is 6.41. The Labute approximate surface area is 302 Å². The second-order valence-corrected chi connectivity index (χ2v) is 14.8. The molecular weight excluding hydrogens is 652 g/mol. The van der Waals surface area contributed by atoms with E-state index in [0.29, 0.717) is 28.5 Å². The summed E-state index contributed by atoms with van der Waals surface area (Å²) < 4.78 is 14.8. The maximum absolute atomic E-state index is 11.9. The van der Waals surface area contributed by atoms with Crippen LogP contribution in [0.4, 0.5) is 5.82 Å². The summed E-state index contributed by atoms with van der Waals surface area (Å²) in [5, 5.41) is 24.0. The first-order chi connectivity index (χ1) is 23.6. The number of benzene rings is 2. The van der Waals surface area contributed by atoms with Gasteiger partial charge in [-0.25, -0.2) is 4.98 Å². The van der Waals surface area contributed by atoms with Crippen molar-refractivity contribution in [3.8, 4) is 28.1 Å². The van der Waals surface area contributed by atoms with Crippen molar-refractivity contribution in [2.45, 2.75) is 118 Å². The second-order valence-electron chi connectivity index (χ2n) is 14.4. The molecule has 1 atom stereocenters. The monoisotopic (exact) mass is 706 g/mol. The number of hydrogen-bond donors (Lipinski definition) is 2.